The van der Waals surface area contributed by atoms with Crippen molar-refractivity contribution in [3.63, 3.8) is 0 Å². The Bertz CT molecular complexity index is 1680. The van der Waals surface area contributed by atoms with Crippen LogP contribution < -0.4 is 15.9 Å². The summed E-state index contributed by atoms with van der Waals surface area (Å²) in [6.45, 7) is 6.50. The minimum atomic E-state index is -6.00. The van der Waals surface area contributed by atoms with Crippen molar-refractivity contribution in [3.8, 4) is 10.9 Å². The van der Waals surface area contributed by atoms with Crippen LogP contribution in [0.25, 0.3) is 32.4 Å². The van der Waals surface area contributed by atoms with Gasteiger partial charge in [-0.2, -0.15) is 0 Å². The molecule has 0 nitrogen and oxygen atoms in total. The topological polar surface area (TPSA) is 0 Å². The first kappa shape index (κ1) is 33.4. The molecule has 42 heavy (non-hydrogen) atoms. The first-order valence-electron chi connectivity index (χ1n) is 12.9. The molecule has 0 aliphatic rings. The molecule has 5 aromatic carbocycles. The Balaban J connectivity index is 0.000000482. The number of benzene rings is 5. The number of hydrogen-bond donors (Lipinski definition) is 0. The van der Waals surface area contributed by atoms with Gasteiger partial charge in [0.05, 0.1) is 0 Å². The Morgan fingerprint density at radius 2 is 1.02 bits per heavy atom. The van der Waals surface area contributed by atoms with E-state index in [9.17, 15) is 17.3 Å². The standard InChI is InChI=1S/C31H22P2.C3H5.BF4.Pd/c1-3-13-25(14-4-1)33(26-15-5-2-6-16-26)29-20-19-23-11-7-9-17-27(23)30(29)31-28-18-10-8-12-24(28)21-22-32-31;1-3-2;2-1(3,4)5;/h1-22H;3H,1-2H2;;/q;;-1;. The maximum absolute atomic E-state index is 9.75. The Morgan fingerprint density at radius 3 is 1.55 bits per heavy atom. The molecular weight excluding hydrogens is 664 g/mol. The van der Waals surface area contributed by atoms with Gasteiger partial charge < -0.3 is 17.3 Å². The molecule has 1 heterocycles. The van der Waals surface area contributed by atoms with Crippen LogP contribution in [0.3, 0.4) is 0 Å². The molecular formula is C34H27BF4P2Pd-. The molecule has 0 unspecified atom stereocenters. The number of hydrogen-bond acceptors (Lipinski definition) is 0. The van der Waals surface area contributed by atoms with Gasteiger partial charge in [0, 0.05) is 31.3 Å². The molecule has 0 aliphatic carbocycles. The van der Waals surface area contributed by atoms with Gasteiger partial charge in [-0.25, -0.2) is 0 Å². The third kappa shape index (κ3) is 8.70. The zero-order valence-corrected chi connectivity index (χ0v) is 25.8. The molecule has 6 rings (SSSR count). The average Bonchev–Trinajstić information content (AvgIpc) is 2.98. The summed E-state index contributed by atoms with van der Waals surface area (Å²) in [4.78, 5) is 0. The van der Waals surface area contributed by atoms with Crippen molar-refractivity contribution in [2.75, 3.05) is 0 Å². The van der Waals surface area contributed by atoms with Gasteiger partial charge in [0.25, 0.3) is 0 Å². The van der Waals surface area contributed by atoms with E-state index in [1.807, 2.05) is 0 Å². The quantitative estimate of drug-likeness (QED) is 0.0982. The van der Waals surface area contributed by atoms with Gasteiger partial charge in [-0.05, 0) is 64.2 Å². The third-order valence-corrected chi connectivity index (χ3v) is 9.59. The summed E-state index contributed by atoms with van der Waals surface area (Å²) in [7, 11) is -5.46. The van der Waals surface area contributed by atoms with Crippen LogP contribution in [0.5, 0.6) is 0 Å². The van der Waals surface area contributed by atoms with E-state index in [2.05, 4.69) is 147 Å². The zero-order valence-electron chi connectivity index (χ0n) is 22.5. The van der Waals surface area contributed by atoms with E-state index in [1.54, 1.807) is 0 Å². The molecule has 0 spiro atoms. The van der Waals surface area contributed by atoms with Crippen molar-refractivity contribution >= 4 is 60.8 Å². The first-order valence-corrected chi connectivity index (χ1v) is 15.2. The van der Waals surface area contributed by atoms with Gasteiger partial charge in [-0.1, -0.05) is 136 Å². The fourth-order valence-electron chi connectivity index (χ4n) is 4.60. The van der Waals surface area contributed by atoms with Crippen molar-refractivity contribution in [1.82, 2.24) is 0 Å². The summed E-state index contributed by atoms with van der Waals surface area (Å²) in [5, 5.41) is 10.9. The van der Waals surface area contributed by atoms with Crippen LogP contribution in [-0.2, 0) is 20.4 Å². The van der Waals surface area contributed by atoms with Crippen LogP contribution in [-0.4, -0.2) is 7.25 Å². The number of rotatable bonds is 4. The van der Waals surface area contributed by atoms with E-state index in [1.165, 1.54) is 62.6 Å². The molecule has 0 saturated carbocycles. The molecule has 6 aromatic rings. The molecule has 0 aliphatic heterocycles. The van der Waals surface area contributed by atoms with Crippen LogP contribution in [0.15, 0.2) is 146 Å². The molecule has 8 heteroatoms. The van der Waals surface area contributed by atoms with Gasteiger partial charge in [0.2, 0.25) is 0 Å². The monoisotopic (exact) mass is 690 g/mol. The van der Waals surface area contributed by atoms with E-state index < -0.39 is 15.2 Å². The molecule has 215 valence electrons. The molecule has 1 aromatic heterocycles. The van der Waals surface area contributed by atoms with Gasteiger partial charge in [-0.15, -0.1) is 6.58 Å². The first-order chi connectivity index (χ1) is 19.8. The van der Waals surface area contributed by atoms with Crippen LogP contribution in [0, 0.1) is 6.92 Å². The predicted octanol–water partition coefficient (Wildman–Crippen LogP) is 10.3. The van der Waals surface area contributed by atoms with Crippen LogP contribution in [0.2, 0.25) is 0 Å². The van der Waals surface area contributed by atoms with E-state index in [0.717, 1.165) is 0 Å². The fourth-order valence-corrected chi connectivity index (χ4v) is 8.26. The van der Waals surface area contributed by atoms with Crippen LogP contribution in [0.1, 0.15) is 0 Å². The smallest absolute Gasteiger partial charge is 0.418 e. The summed E-state index contributed by atoms with van der Waals surface area (Å²) in [6, 6.07) is 46.6. The van der Waals surface area contributed by atoms with Gasteiger partial charge >= 0.3 is 7.25 Å². The molecule has 0 bridgehead atoms. The van der Waals surface area contributed by atoms with E-state index in [4.69, 9.17) is 0 Å². The van der Waals surface area contributed by atoms with Gasteiger partial charge in [0.15, 0.2) is 0 Å². The third-order valence-electron chi connectivity index (χ3n) is 6.09. The molecule has 0 amide bonds. The fraction of sp³-hybridized carbons (Fsp3) is 0. The molecule has 0 saturated heterocycles. The molecule has 0 N–H and O–H groups in total. The van der Waals surface area contributed by atoms with Crippen LogP contribution in [0.4, 0.5) is 17.3 Å². The molecule has 0 fully saturated rings. The van der Waals surface area contributed by atoms with Gasteiger partial charge in [-0.3, -0.25) is 0 Å². The number of fused-ring (bicyclic) bond motifs is 2. The Labute approximate surface area is 261 Å². The molecule has 1 radical (unpaired) electrons. The largest absolute Gasteiger partial charge is 0.673 e. The van der Waals surface area contributed by atoms with Crippen LogP contribution >= 0.6 is 16.1 Å². The van der Waals surface area contributed by atoms with Crippen molar-refractivity contribution in [2.24, 2.45) is 0 Å². The van der Waals surface area contributed by atoms with Crippen molar-refractivity contribution < 1.29 is 37.7 Å². The van der Waals surface area contributed by atoms with Gasteiger partial charge in [0.1, 0.15) is 0 Å². The van der Waals surface area contributed by atoms with E-state index in [0.29, 0.717) is 0 Å². The predicted molar refractivity (Wildman–Crippen MR) is 174 cm³/mol. The molecule has 0 atom stereocenters. The zero-order chi connectivity index (χ0) is 29.2. The summed E-state index contributed by atoms with van der Waals surface area (Å²) >= 11 is 0. The number of halogens is 4. The maximum atomic E-state index is 9.75. The van der Waals surface area contributed by atoms with Crippen molar-refractivity contribution in [2.45, 2.75) is 0 Å². The normalized spacial score (nSPS) is 10.8. The van der Waals surface area contributed by atoms with E-state index >= 15 is 0 Å². The summed E-state index contributed by atoms with van der Waals surface area (Å²) in [5.74, 6) is 2.29. The Kier molecular flexibility index (Phi) is 12.7. The summed E-state index contributed by atoms with van der Waals surface area (Å²) in [6.07, 6.45) is 1.50. The maximum Gasteiger partial charge on any atom is 0.673 e. The second-order valence-corrected chi connectivity index (χ2v) is 12.0. The number of allylic oxidation sites excluding steroid dienone is 1. The Hall–Kier alpha value is -3.11. The SMILES string of the molecule is F[B-](F)(F)F.[CH2]C=C.[Pd].c1ccc(P(c2ccccc2)c2ccc3ccccc3c2-c2pccc3ccccc23)cc1. The second-order valence-electron chi connectivity index (χ2n) is 8.85. The summed E-state index contributed by atoms with van der Waals surface area (Å²) in [5.41, 5.74) is 1.39. The second kappa shape index (κ2) is 15.9. The minimum Gasteiger partial charge on any atom is -0.418 e. The minimum absolute atomic E-state index is 0. The van der Waals surface area contributed by atoms with E-state index in [-0.39, 0.29) is 20.4 Å². The Morgan fingerprint density at radius 1 is 0.595 bits per heavy atom. The van der Waals surface area contributed by atoms with Crippen molar-refractivity contribution in [1.29, 1.82) is 0 Å². The van der Waals surface area contributed by atoms with Crippen molar-refractivity contribution in [3.05, 3.63) is 153 Å². The average molecular weight is 691 g/mol. The summed E-state index contributed by atoms with van der Waals surface area (Å²) < 4.78 is 39.0.